The van der Waals surface area contributed by atoms with E-state index < -0.39 is 0 Å². The topological polar surface area (TPSA) is 49.4 Å². The molecule has 0 bridgehead atoms. The molecule has 2 aromatic rings. The van der Waals surface area contributed by atoms with Crippen molar-refractivity contribution in [3.63, 3.8) is 0 Å². The van der Waals surface area contributed by atoms with Gasteiger partial charge in [-0.15, -0.1) is 0 Å². The van der Waals surface area contributed by atoms with Crippen LogP contribution in [0.1, 0.15) is 53.6 Å². The van der Waals surface area contributed by atoms with E-state index in [1.54, 1.807) is 0 Å². The average molecular weight is 364 g/mol. The van der Waals surface area contributed by atoms with Crippen LogP contribution >= 0.6 is 0 Å². The normalized spacial score (nSPS) is 14.4. The summed E-state index contributed by atoms with van der Waals surface area (Å²) in [5, 5.41) is 2.96. The molecule has 1 aliphatic heterocycles. The van der Waals surface area contributed by atoms with Crippen LogP contribution in [0, 0.1) is 0 Å². The quantitative estimate of drug-likeness (QED) is 0.844. The van der Waals surface area contributed by atoms with E-state index in [0.717, 1.165) is 43.5 Å². The Hall–Kier alpha value is -2.62. The van der Waals surface area contributed by atoms with E-state index in [-0.39, 0.29) is 11.8 Å². The average Bonchev–Trinajstić information content (AvgIpc) is 3.01. The summed E-state index contributed by atoms with van der Waals surface area (Å²) in [6.45, 7) is 2.21. The van der Waals surface area contributed by atoms with E-state index in [1.807, 2.05) is 59.5 Å². The Bertz CT molecular complexity index is 733. The summed E-state index contributed by atoms with van der Waals surface area (Å²) >= 11 is 0. The Kier molecular flexibility index (Phi) is 7.03. The zero-order valence-electron chi connectivity index (χ0n) is 15.8. The number of carbonyl (C=O) groups is 2. The van der Waals surface area contributed by atoms with Gasteiger partial charge in [-0.3, -0.25) is 9.59 Å². The summed E-state index contributed by atoms with van der Waals surface area (Å²) in [7, 11) is 0. The van der Waals surface area contributed by atoms with Crippen LogP contribution in [0.25, 0.3) is 0 Å². The van der Waals surface area contributed by atoms with Gasteiger partial charge in [-0.1, -0.05) is 55.3 Å². The molecule has 1 N–H and O–H groups in total. The van der Waals surface area contributed by atoms with Gasteiger partial charge in [0, 0.05) is 31.6 Å². The smallest absolute Gasteiger partial charge is 0.253 e. The first-order valence-electron chi connectivity index (χ1n) is 9.91. The minimum absolute atomic E-state index is 0.0450. The monoisotopic (exact) mass is 364 g/mol. The van der Waals surface area contributed by atoms with E-state index in [9.17, 15) is 9.59 Å². The Morgan fingerprint density at radius 2 is 1.48 bits per heavy atom. The predicted octanol–water partition coefficient (Wildman–Crippen LogP) is 3.95. The van der Waals surface area contributed by atoms with Gasteiger partial charge in [0.15, 0.2) is 0 Å². The van der Waals surface area contributed by atoms with Gasteiger partial charge in [-0.2, -0.15) is 0 Å². The van der Waals surface area contributed by atoms with Crippen LogP contribution in [0.2, 0.25) is 0 Å². The fourth-order valence-corrected chi connectivity index (χ4v) is 3.41. The molecular weight excluding hydrogens is 336 g/mol. The molecule has 0 radical (unpaired) electrons. The molecule has 0 atom stereocenters. The number of hydrogen-bond donors (Lipinski definition) is 1. The zero-order valence-corrected chi connectivity index (χ0v) is 15.8. The van der Waals surface area contributed by atoms with Crippen LogP contribution in [0.4, 0.5) is 0 Å². The highest BCUT2D eigenvalue weighted by molar-refractivity contribution is 5.94. The van der Waals surface area contributed by atoms with Crippen molar-refractivity contribution in [3.05, 3.63) is 71.3 Å². The van der Waals surface area contributed by atoms with Crippen molar-refractivity contribution in [2.75, 3.05) is 13.1 Å². The number of nitrogens with one attached hydrogen (secondary N) is 1. The largest absolute Gasteiger partial charge is 0.352 e. The third kappa shape index (κ3) is 5.95. The maximum absolute atomic E-state index is 12.6. The number of benzene rings is 2. The third-order valence-electron chi connectivity index (χ3n) is 5.07. The highest BCUT2D eigenvalue weighted by Gasteiger charge is 2.17. The lowest BCUT2D eigenvalue weighted by Gasteiger charge is -2.20. The summed E-state index contributed by atoms with van der Waals surface area (Å²) in [5.74, 6) is 0.166. The molecule has 1 aliphatic rings. The molecule has 2 aromatic carbocycles. The van der Waals surface area contributed by atoms with Gasteiger partial charge in [-0.25, -0.2) is 0 Å². The van der Waals surface area contributed by atoms with Crippen molar-refractivity contribution in [1.82, 2.24) is 10.2 Å². The summed E-state index contributed by atoms with van der Waals surface area (Å²) in [5.41, 5.74) is 2.91. The molecule has 1 saturated heterocycles. The molecule has 4 heteroatoms. The fraction of sp³-hybridized carbons (Fsp3) is 0.391. The lowest BCUT2D eigenvalue weighted by molar-refractivity contribution is -0.121. The SMILES string of the molecule is O=C(CCc1ccccc1)NCc1ccc(C(=O)N2CCCCCC2)cc1. The lowest BCUT2D eigenvalue weighted by Crippen LogP contribution is -2.31. The number of amides is 2. The number of nitrogens with zero attached hydrogens (tertiary/aromatic N) is 1. The van der Waals surface area contributed by atoms with E-state index in [4.69, 9.17) is 0 Å². The summed E-state index contributed by atoms with van der Waals surface area (Å²) < 4.78 is 0. The van der Waals surface area contributed by atoms with Crippen LogP contribution in [-0.2, 0) is 17.8 Å². The van der Waals surface area contributed by atoms with Crippen molar-refractivity contribution >= 4 is 11.8 Å². The molecule has 3 rings (SSSR count). The Labute approximate surface area is 161 Å². The molecule has 2 amide bonds. The molecule has 27 heavy (non-hydrogen) atoms. The summed E-state index contributed by atoms with van der Waals surface area (Å²) in [4.78, 5) is 26.6. The first kappa shape index (κ1) is 19.2. The number of carbonyl (C=O) groups excluding carboxylic acids is 2. The summed E-state index contributed by atoms with van der Waals surface area (Å²) in [6, 6.07) is 17.6. The van der Waals surface area contributed by atoms with E-state index in [0.29, 0.717) is 13.0 Å². The summed E-state index contributed by atoms with van der Waals surface area (Å²) in [6.07, 6.45) is 5.85. The van der Waals surface area contributed by atoms with Crippen molar-refractivity contribution < 1.29 is 9.59 Å². The maximum Gasteiger partial charge on any atom is 0.253 e. The fourth-order valence-electron chi connectivity index (χ4n) is 3.41. The van der Waals surface area contributed by atoms with Gasteiger partial charge >= 0.3 is 0 Å². The van der Waals surface area contributed by atoms with Crippen LogP contribution in [0.15, 0.2) is 54.6 Å². The molecule has 142 valence electrons. The van der Waals surface area contributed by atoms with Gasteiger partial charge in [-0.05, 0) is 42.5 Å². The second-order valence-corrected chi connectivity index (χ2v) is 7.17. The molecule has 1 heterocycles. The Balaban J connectivity index is 1.45. The highest BCUT2D eigenvalue weighted by Crippen LogP contribution is 2.14. The predicted molar refractivity (Wildman–Crippen MR) is 107 cm³/mol. The van der Waals surface area contributed by atoms with Crippen LogP contribution in [0.3, 0.4) is 0 Å². The first-order chi connectivity index (χ1) is 13.2. The first-order valence-corrected chi connectivity index (χ1v) is 9.91. The Morgan fingerprint density at radius 1 is 0.815 bits per heavy atom. The van der Waals surface area contributed by atoms with Crippen LogP contribution in [0.5, 0.6) is 0 Å². The van der Waals surface area contributed by atoms with Crippen LogP contribution in [-0.4, -0.2) is 29.8 Å². The minimum atomic E-state index is 0.0450. The number of aryl methyl sites for hydroxylation is 1. The molecule has 4 nitrogen and oxygen atoms in total. The van der Waals surface area contributed by atoms with E-state index in [2.05, 4.69) is 5.32 Å². The Morgan fingerprint density at radius 3 is 2.15 bits per heavy atom. The standard InChI is InChI=1S/C23H28N2O2/c26-22(15-12-19-8-4-3-5-9-19)24-18-20-10-13-21(14-11-20)23(27)25-16-6-1-2-7-17-25/h3-5,8-11,13-14H,1-2,6-7,12,15-18H2,(H,24,26). The van der Waals surface area contributed by atoms with Gasteiger partial charge in [0.2, 0.25) is 5.91 Å². The third-order valence-corrected chi connectivity index (χ3v) is 5.07. The van der Waals surface area contributed by atoms with Crippen molar-refractivity contribution in [3.8, 4) is 0 Å². The van der Waals surface area contributed by atoms with E-state index in [1.165, 1.54) is 18.4 Å². The highest BCUT2D eigenvalue weighted by atomic mass is 16.2. The second-order valence-electron chi connectivity index (χ2n) is 7.17. The van der Waals surface area contributed by atoms with Gasteiger partial charge in [0.25, 0.3) is 5.91 Å². The molecule has 1 fully saturated rings. The number of likely N-dealkylation sites (tertiary alicyclic amines) is 1. The van der Waals surface area contributed by atoms with Crippen LogP contribution < -0.4 is 5.32 Å². The van der Waals surface area contributed by atoms with Gasteiger partial charge in [0.05, 0.1) is 0 Å². The molecule has 0 saturated carbocycles. The molecule has 0 aromatic heterocycles. The zero-order chi connectivity index (χ0) is 18.9. The van der Waals surface area contributed by atoms with Gasteiger partial charge in [0.1, 0.15) is 0 Å². The maximum atomic E-state index is 12.6. The van der Waals surface area contributed by atoms with E-state index >= 15 is 0 Å². The minimum Gasteiger partial charge on any atom is -0.352 e. The lowest BCUT2D eigenvalue weighted by atomic mass is 10.1. The van der Waals surface area contributed by atoms with Crippen molar-refractivity contribution in [2.24, 2.45) is 0 Å². The number of hydrogen-bond acceptors (Lipinski definition) is 2. The van der Waals surface area contributed by atoms with Crippen molar-refractivity contribution in [2.45, 2.75) is 45.1 Å². The van der Waals surface area contributed by atoms with Crippen molar-refractivity contribution in [1.29, 1.82) is 0 Å². The molecule has 0 unspecified atom stereocenters. The second kappa shape index (κ2) is 9.91. The van der Waals surface area contributed by atoms with Gasteiger partial charge < -0.3 is 10.2 Å². The number of rotatable bonds is 6. The molecular formula is C23H28N2O2. The molecule has 0 aliphatic carbocycles. The molecule has 0 spiro atoms.